The average Bonchev–Trinajstić information content (AvgIpc) is 3.30. The van der Waals surface area contributed by atoms with Crippen LogP contribution in [0.5, 0.6) is 17.6 Å². The Kier molecular flexibility index (Phi) is 9.30. The van der Waals surface area contributed by atoms with Crippen molar-refractivity contribution < 1.29 is 32.8 Å². The molecule has 2 aromatic heterocycles. The van der Waals surface area contributed by atoms with Gasteiger partial charge < -0.3 is 29.0 Å². The first-order chi connectivity index (χ1) is 25.3. The lowest BCUT2D eigenvalue weighted by molar-refractivity contribution is -0.104. The van der Waals surface area contributed by atoms with E-state index in [-0.39, 0.29) is 61.7 Å². The number of piperidine rings is 1. The minimum Gasteiger partial charge on any atom is -0.508 e. The molecule has 3 saturated heterocycles. The number of methoxy groups -OCH3 is 1. The number of hydrogen-bond acceptors (Lipinski definition) is 10. The number of ether oxygens (including phenoxy) is 4. The maximum atomic E-state index is 17.3. The first-order valence-corrected chi connectivity index (χ1v) is 18.4. The second-order valence-electron chi connectivity index (χ2n) is 14.8. The summed E-state index contributed by atoms with van der Waals surface area (Å²) in [7, 11) is 1.45. The number of nitrogens with zero attached hydrogens (tertiary/aromatic N) is 5. The fourth-order valence-electron chi connectivity index (χ4n) is 9.50. The highest BCUT2D eigenvalue weighted by Gasteiger charge is 2.58. The van der Waals surface area contributed by atoms with Crippen molar-refractivity contribution in [3.63, 3.8) is 0 Å². The van der Waals surface area contributed by atoms with E-state index in [0.717, 1.165) is 71.1 Å². The molecule has 0 unspecified atom stereocenters. The van der Waals surface area contributed by atoms with Gasteiger partial charge in [-0.25, -0.2) is 13.8 Å². The summed E-state index contributed by atoms with van der Waals surface area (Å²) in [6.45, 7) is 7.64. The fourth-order valence-corrected chi connectivity index (χ4v) is 9.50. The van der Waals surface area contributed by atoms with Gasteiger partial charge in [-0.2, -0.15) is 9.97 Å². The number of hydrogen-bond donors (Lipinski definition) is 1. The van der Waals surface area contributed by atoms with Gasteiger partial charge in [0.1, 0.15) is 34.0 Å². The summed E-state index contributed by atoms with van der Waals surface area (Å²) in [5, 5.41) is 11.7. The summed E-state index contributed by atoms with van der Waals surface area (Å²) in [5.41, 5.74) is -0.368. The molecule has 8 rings (SSSR count). The maximum absolute atomic E-state index is 17.3. The second-order valence-corrected chi connectivity index (χ2v) is 14.8. The van der Waals surface area contributed by atoms with Crippen molar-refractivity contribution >= 4 is 27.5 Å². The normalized spacial score (nSPS) is 24.5. The number of phenols is 1. The van der Waals surface area contributed by atoms with Gasteiger partial charge >= 0.3 is 6.01 Å². The molecule has 12 heteroatoms. The Morgan fingerprint density at radius 2 is 1.77 bits per heavy atom. The van der Waals surface area contributed by atoms with Gasteiger partial charge in [0.05, 0.1) is 25.9 Å². The standard InChI is InChI=1S/C40H45F2N5O5/c1-4-28-30(41)9-8-25-22-27(48)23-29(31(25)28)34-33(42)35-32(37(43-34)49-3)36(46-15-7-18-50-21-17-46)45-38(44-35)52-24-40-13-5-12-39(40,2)47(16-6-14-40)26-10-19-51-20-11-26/h1,8-9,22-23,26,48H,5-7,10-21,24H2,2-3H3/t39-,40-/m1/s1. The predicted octanol–water partition coefficient (Wildman–Crippen LogP) is 6.63. The van der Waals surface area contributed by atoms with Crippen LogP contribution in [0.1, 0.15) is 63.9 Å². The van der Waals surface area contributed by atoms with Gasteiger partial charge in [0.25, 0.3) is 0 Å². The van der Waals surface area contributed by atoms with E-state index in [1.807, 2.05) is 4.90 Å². The third kappa shape index (κ3) is 5.78. The Morgan fingerprint density at radius 1 is 0.962 bits per heavy atom. The van der Waals surface area contributed by atoms with Gasteiger partial charge in [-0.15, -0.1) is 6.42 Å². The lowest BCUT2D eigenvalue weighted by Crippen LogP contribution is -2.64. The quantitative estimate of drug-likeness (QED) is 0.210. The van der Waals surface area contributed by atoms with Crippen LogP contribution in [0.15, 0.2) is 24.3 Å². The third-order valence-corrected chi connectivity index (χ3v) is 12.1. The van der Waals surface area contributed by atoms with E-state index in [9.17, 15) is 5.11 Å². The highest BCUT2D eigenvalue weighted by molar-refractivity contribution is 6.04. The van der Waals surface area contributed by atoms with Gasteiger partial charge in [-0.3, -0.25) is 4.90 Å². The number of aromatic hydroxyl groups is 1. The van der Waals surface area contributed by atoms with Crippen LogP contribution < -0.4 is 14.4 Å². The average molecular weight is 714 g/mol. The molecule has 4 fully saturated rings. The second kappa shape index (κ2) is 13.9. The number of benzene rings is 2. The summed E-state index contributed by atoms with van der Waals surface area (Å²) in [5.74, 6) is 1.33. The Labute approximate surface area is 302 Å². The molecule has 4 aromatic rings. The predicted molar refractivity (Wildman–Crippen MR) is 194 cm³/mol. The lowest BCUT2D eigenvalue weighted by atomic mass is 9.66. The zero-order chi connectivity index (χ0) is 36.0. The summed E-state index contributed by atoms with van der Waals surface area (Å²) in [4.78, 5) is 19.1. The van der Waals surface area contributed by atoms with Gasteiger partial charge in [0.2, 0.25) is 5.88 Å². The van der Waals surface area contributed by atoms with E-state index in [1.54, 1.807) is 0 Å². The molecular formula is C40H45F2N5O5. The molecule has 0 radical (unpaired) electrons. The van der Waals surface area contributed by atoms with E-state index in [1.165, 1.54) is 31.4 Å². The molecule has 1 saturated carbocycles. The van der Waals surface area contributed by atoms with Crippen LogP contribution in [-0.2, 0) is 9.47 Å². The first kappa shape index (κ1) is 34.8. The topological polar surface area (TPSA) is 102 Å². The summed E-state index contributed by atoms with van der Waals surface area (Å²) < 4.78 is 56.2. The van der Waals surface area contributed by atoms with Gasteiger partial charge in [-0.05, 0) is 82.0 Å². The molecule has 52 heavy (non-hydrogen) atoms. The zero-order valence-corrected chi connectivity index (χ0v) is 29.9. The van der Waals surface area contributed by atoms with Crippen molar-refractivity contribution in [3.05, 3.63) is 41.5 Å². The molecule has 0 spiro atoms. The first-order valence-electron chi connectivity index (χ1n) is 18.4. The Morgan fingerprint density at radius 3 is 2.58 bits per heavy atom. The molecule has 1 aliphatic carbocycles. The van der Waals surface area contributed by atoms with Crippen LogP contribution >= 0.6 is 0 Å². The van der Waals surface area contributed by atoms with E-state index < -0.39 is 11.6 Å². The van der Waals surface area contributed by atoms with E-state index >= 15 is 8.78 Å². The minimum absolute atomic E-state index is 0.0543. The summed E-state index contributed by atoms with van der Waals surface area (Å²) in [6.07, 6.45) is 13.9. The largest absolute Gasteiger partial charge is 0.508 e. The monoisotopic (exact) mass is 713 g/mol. The molecule has 3 aliphatic heterocycles. The maximum Gasteiger partial charge on any atom is 0.319 e. The highest BCUT2D eigenvalue weighted by atomic mass is 19.1. The van der Waals surface area contributed by atoms with E-state index in [0.29, 0.717) is 50.2 Å². The minimum atomic E-state index is -0.790. The molecule has 5 heterocycles. The molecule has 2 aromatic carbocycles. The number of likely N-dealkylation sites (tertiary alicyclic amines) is 1. The van der Waals surface area contributed by atoms with Gasteiger partial charge in [0.15, 0.2) is 5.82 Å². The van der Waals surface area contributed by atoms with Crippen molar-refractivity contribution in [3.8, 4) is 41.2 Å². The van der Waals surface area contributed by atoms with Crippen LogP contribution in [0, 0.1) is 29.4 Å². The molecule has 2 atom stereocenters. The number of pyridine rings is 1. The summed E-state index contributed by atoms with van der Waals surface area (Å²) >= 11 is 0. The van der Waals surface area contributed by atoms with Gasteiger partial charge in [-0.1, -0.05) is 18.4 Å². The van der Waals surface area contributed by atoms with Crippen molar-refractivity contribution in [2.75, 3.05) is 64.7 Å². The molecule has 4 aliphatic rings. The molecule has 1 N–H and O–H groups in total. The number of rotatable bonds is 7. The van der Waals surface area contributed by atoms with Crippen LogP contribution in [0.4, 0.5) is 14.6 Å². The molecule has 10 nitrogen and oxygen atoms in total. The van der Waals surface area contributed by atoms with Crippen molar-refractivity contribution in [1.29, 1.82) is 0 Å². The highest BCUT2D eigenvalue weighted by Crippen LogP contribution is 2.56. The number of phenolic OH excluding ortho intramolecular Hbond substituents is 1. The number of anilines is 1. The zero-order valence-electron chi connectivity index (χ0n) is 29.9. The number of terminal acetylenes is 1. The van der Waals surface area contributed by atoms with Gasteiger partial charge in [0, 0.05) is 60.9 Å². The molecular weight excluding hydrogens is 668 g/mol. The van der Waals surface area contributed by atoms with Crippen LogP contribution in [0.3, 0.4) is 0 Å². The van der Waals surface area contributed by atoms with Crippen molar-refractivity contribution in [2.45, 2.75) is 69.9 Å². The van der Waals surface area contributed by atoms with Crippen LogP contribution in [0.2, 0.25) is 0 Å². The van der Waals surface area contributed by atoms with Crippen molar-refractivity contribution in [2.24, 2.45) is 5.41 Å². The summed E-state index contributed by atoms with van der Waals surface area (Å²) in [6, 6.07) is 6.04. The van der Waals surface area contributed by atoms with E-state index in [2.05, 4.69) is 22.7 Å². The Bertz CT molecular complexity index is 2040. The number of fused-ring (bicyclic) bond motifs is 3. The molecule has 0 bridgehead atoms. The Hall–Kier alpha value is -4.31. The SMILES string of the molecule is C#Cc1c(F)ccc2cc(O)cc(-c3nc(OC)c4c(N5CCCOCC5)nc(OC[C@@]56CCCN(C7CCOCC7)[C@]5(C)CCC6)nc4c3F)c12. The lowest BCUT2D eigenvalue weighted by Gasteiger charge is -2.57. The third-order valence-electron chi connectivity index (χ3n) is 12.1. The number of halogens is 2. The molecule has 274 valence electrons. The Balaban J connectivity index is 1.26. The molecule has 0 amide bonds. The fraction of sp³-hybridized carbons (Fsp3) is 0.525. The smallest absolute Gasteiger partial charge is 0.319 e. The van der Waals surface area contributed by atoms with Crippen molar-refractivity contribution in [1.82, 2.24) is 19.9 Å². The van der Waals surface area contributed by atoms with Crippen LogP contribution in [-0.4, -0.2) is 96.3 Å². The van der Waals surface area contributed by atoms with E-state index in [4.69, 9.17) is 35.3 Å². The van der Waals surface area contributed by atoms with Crippen LogP contribution in [0.25, 0.3) is 32.9 Å². The number of aromatic nitrogens is 3.